The standard InChI is InChI=1S/C16H24N2O/c1-4-14(3)13-18(5-2)10-11-19-16-8-6-15(12-17)7-9-16/h6-9,14H,4-5,10-11,13H2,1-3H3. The van der Waals surface area contributed by atoms with E-state index in [-0.39, 0.29) is 0 Å². The molecule has 0 amide bonds. The molecule has 0 fully saturated rings. The number of hydrogen-bond donors (Lipinski definition) is 0. The molecule has 0 aliphatic carbocycles. The SMILES string of the molecule is CCC(C)CN(CC)CCOc1ccc(C#N)cc1. The van der Waals surface area contributed by atoms with E-state index in [0.29, 0.717) is 12.2 Å². The van der Waals surface area contributed by atoms with Gasteiger partial charge in [0.05, 0.1) is 11.6 Å². The van der Waals surface area contributed by atoms with Crippen LogP contribution in [0.5, 0.6) is 5.75 Å². The molecule has 19 heavy (non-hydrogen) atoms. The van der Waals surface area contributed by atoms with Crippen LogP contribution in [0.3, 0.4) is 0 Å². The summed E-state index contributed by atoms with van der Waals surface area (Å²) < 4.78 is 5.70. The maximum absolute atomic E-state index is 8.72. The van der Waals surface area contributed by atoms with Crippen LogP contribution in [0.1, 0.15) is 32.8 Å². The summed E-state index contributed by atoms with van der Waals surface area (Å²) >= 11 is 0. The molecule has 104 valence electrons. The van der Waals surface area contributed by atoms with Crippen molar-refractivity contribution >= 4 is 0 Å². The average Bonchev–Trinajstić information content (AvgIpc) is 2.46. The van der Waals surface area contributed by atoms with Gasteiger partial charge >= 0.3 is 0 Å². The van der Waals surface area contributed by atoms with Gasteiger partial charge in [0.15, 0.2) is 0 Å². The minimum Gasteiger partial charge on any atom is -0.492 e. The molecule has 0 spiro atoms. The Kier molecular flexibility index (Phi) is 6.99. The van der Waals surface area contributed by atoms with Crippen LogP contribution in [0.4, 0.5) is 0 Å². The summed E-state index contributed by atoms with van der Waals surface area (Å²) in [6.45, 7) is 10.5. The highest BCUT2D eigenvalue weighted by atomic mass is 16.5. The molecule has 0 saturated heterocycles. The summed E-state index contributed by atoms with van der Waals surface area (Å²) in [5, 5.41) is 8.72. The molecule has 0 N–H and O–H groups in total. The van der Waals surface area contributed by atoms with Crippen LogP contribution in [0.15, 0.2) is 24.3 Å². The molecule has 1 aromatic carbocycles. The van der Waals surface area contributed by atoms with Crippen molar-refractivity contribution in [2.75, 3.05) is 26.2 Å². The molecule has 3 heteroatoms. The highest BCUT2D eigenvalue weighted by Gasteiger charge is 2.07. The van der Waals surface area contributed by atoms with E-state index in [4.69, 9.17) is 10.00 Å². The maximum atomic E-state index is 8.72. The van der Waals surface area contributed by atoms with E-state index in [1.54, 1.807) is 12.1 Å². The second-order valence-electron chi connectivity index (χ2n) is 4.89. The number of ether oxygens (including phenoxy) is 1. The van der Waals surface area contributed by atoms with Crippen LogP contribution in [0.25, 0.3) is 0 Å². The van der Waals surface area contributed by atoms with E-state index < -0.39 is 0 Å². The zero-order valence-electron chi connectivity index (χ0n) is 12.2. The summed E-state index contributed by atoms with van der Waals surface area (Å²) in [6, 6.07) is 9.37. The topological polar surface area (TPSA) is 36.3 Å². The van der Waals surface area contributed by atoms with Crippen molar-refractivity contribution in [1.29, 1.82) is 5.26 Å². The van der Waals surface area contributed by atoms with E-state index in [2.05, 4.69) is 31.7 Å². The molecular formula is C16H24N2O. The molecule has 3 nitrogen and oxygen atoms in total. The molecule has 1 unspecified atom stereocenters. The first-order valence-corrected chi connectivity index (χ1v) is 7.04. The highest BCUT2D eigenvalue weighted by Crippen LogP contribution is 2.11. The van der Waals surface area contributed by atoms with Gasteiger partial charge in [-0.2, -0.15) is 5.26 Å². The number of nitriles is 1. The van der Waals surface area contributed by atoms with E-state index >= 15 is 0 Å². The Morgan fingerprint density at radius 3 is 2.47 bits per heavy atom. The normalized spacial score (nSPS) is 12.2. The summed E-state index contributed by atoms with van der Waals surface area (Å²) in [5.41, 5.74) is 0.666. The van der Waals surface area contributed by atoms with Crippen LogP contribution >= 0.6 is 0 Å². The van der Waals surface area contributed by atoms with Crippen LogP contribution in [0, 0.1) is 17.2 Å². The minimum atomic E-state index is 0.666. The lowest BCUT2D eigenvalue weighted by molar-refractivity contribution is 0.194. The van der Waals surface area contributed by atoms with Crippen molar-refractivity contribution in [3.8, 4) is 11.8 Å². The van der Waals surface area contributed by atoms with Gasteiger partial charge in [0.2, 0.25) is 0 Å². The fourth-order valence-corrected chi connectivity index (χ4v) is 1.87. The summed E-state index contributed by atoms with van der Waals surface area (Å²) in [6.07, 6.45) is 1.22. The predicted octanol–water partition coefficient (Wildman–Crippen LogP) is 3.31. The quantitative estimate of drug-likeness (QED) is 0.719. The van der Waals surface area contributed by atoms with Gasteiger partial charge in [0, 0.05) is 13.1 Å². The largest absolute Gasteiger partial charge is 0.492 e. The van der Waals surface area contributed by atoms with Crippen molar-refractivity contribution < 1.29 is 4.74 Å². The molecule has 0 radical (unpaired) electrons. The monoisotopic (exact) mass is 260 g/mol. The van der Waals surface area contributed by atoms with Crippen molar-refractivity contribution in [3.05, 3.63) is 29.8 Å². The first-order valence-electron chi connectivity index (χ1n) is 7.04. The van der Waals surface area contributed by atoms with Crippen LogP contribution < -0.4 is 4.74 Å². The van der Waals surface area contributed by atoms with Crippen molar-refractivity contribution in [1.82, 2.24) is 4.90 Å². The second-order valence-corrected chi connectivity index (χ2v) is 4.89. The molecule has 0 heterocycles. The molecule has 1 atom stereocenters. The van der Waals surface area contributed by atoms with E-state index in [9.17, 15) is 0 Å². The fraction of sp³-hybridized carbons (Fsp3) is 0.562. The van der Waals surface area contributed by atoms with Gasteiger partial charge in [-0.1, -0.05) is 27.2 Å². The highest BCUT2D eigenvalue weighted by molar-refractivity contribution is 5.34. The van der Waals surface area contributed by atoms with E-state index in [1.165, 1.54) is 6.42 Å². The number of likely N-dealkylation sites (N-methyl/N-ethyl adjacent to an activating group) is 1. The van der Waals surface area contributed by atoms with Gasteiger partial charge in [0.1, 0.15) is 12.4 Å². The number of nitrogens with zero attached hydrogens (tertiary/aromatic N) is 2. The minimum absolute atomic E-state index is 0.666. The first kappa shape index (κ1) is 15.5. The van der Waals surface area contributed by atoms with Gasteiger partial charge in [-0.05, 0) is 36.7 Å². The molecule has 1 rings (SSSR count). The Morgan fingerprint density at radius 1 is 1.26 bits per heavy atom. The zero-order chi connectivity index (χ0) is 14.1. The zero-order valence-corrected chi connectivity index (χ0v) is 12.2. The lowest BCUT2D eigenvalue weighted by Gasteiger charge is -2.23. The molecular weight excluding hydrogens is 236 g/mol. The molecule has 0 aliphatic heterocycles. The summed E-state index contributed by atoms with van der Waals surface area (Å²) in [7, 11) is 0. The summed E-state index contributed by atoms with van der Waals surface area (Å²) in [4.78, 5) is 2.41. The summed E-state index contributed by atoms with van der Waals surface area (Å²) in [5.74, 6) is 1.56. The van der Waals surface area contributed by atoms with Gasteiger partial charge in [0.25, 0.3) is 0 Å². The lowest BCUT2D eigenvalue weighted by Crippen LogP contribution is -2.32. The molecule has 0 aliphatic rings. The lowest BCUT2D eigenvalue weighted by atomic mass is 10.1. The van der Waals surface area contributed by atoms with Crippen LogP contribution in [-0.2, 0) is 0 Å². The Labute approximate surface area is 116 Å². The first-order chi connectivity index (χ1) is 9.19. The Morgan fingerprint density at radius 2 is 1.95 bits per heavy atom. The molecule has 0 aromatic heterocycles. The number of hydrogen-bond acceptors (Lipinski definition) is 3. The fourth-order valence-electron chi connectivity index (χ4n) is 1.87. The number of benzene rings is 1. The maximum Gasteiger partial charge on any atom is 0.119 e. The smallest absolute Gasteiger partial charge is 0.119 e. The molecule has 0 bridgehead atoms. The third-order valence-electron chi connectivity index (χ3n) is 3.37. The Bertz CT molecular complexity index is 394. The van der Waals surface area contributed by atoms with Gasteiger partial charge in [-0.3, -0.25) is 4.90 Å². The predicted molar refractivity (Wildman–Crippen MR) is 78.2 cm³/mol. The third kappa shape index (κ3) is 5.76. The van der Waals surface area contributed by atoms with Gasteiger partial charge in [-0.25, -0.2) is 0 Å². The van der Waals surface area contributed by atoms with Crippen molar-refractivity contribution in [2.24, 2.45) is 5.92 Å². The second kappa shape index (κ2) is 8.55. The van der Waals surface area contributed by atoms with Crippen LogP contribution in [0.2, 0.25) is 0 Å². The van der Waals surface area contributed by atoms with E-state index in [1.807, 2.05) is 12.1 Å². The molecule has 1 aromatic rings. The third-order valence-corrected chi connectivity index (χ3v) is 3.37. The van der Waals surface area contributed by atoms with Gasteiger partial charge in [-0.15, -0.1) is 0 Å². The average molecular weight is 260 g/mol. The van der Waals surface area contributed by atoms with Crippen molar-refractivity contribution in [2.45, 2.75) is 27.2 Å². The van der Waals surface area contributed by atoms with Gasteiger partial charge < -0.3 is 4.74 Å². The van der Waals surface area contributed by atoms with Crippen molar-refractivity contribution in [3.63, 3.8) is 0 Å². The Hall–Kier alpha value is -1.53. The number of rotatable bonds is 8. The van der Waals surface area contributed by atoms with E-state index in [0.717, 1.165) is 31.3 Å². The Balaban J connectivity index is 2.33. The van der Waals surface area contributed by atoms with Crippen LogP contribution in [-0.4, -0.2) is 31.1 Å². The molecule has 0 saturated carbocycles.